The van der Waals surface area contributed by atoms with E-state index in [4.69, 9.17) is 5.26 Å². The van der Waals surface area contributed by atoms with Gasteiger partial charge in [0, 0.05) is 12.2 Å². The van der Waals surface area contributed by atoms with Gasteiger partial charge in [-0.25, -0.2) is 4.98 Å². The van der Waals surface area contributed by atoms with E-state index in [1.54, 1.807) is 18.3 Å². The van der Waals surface area contributed by atoms with Gasteiger partial charge in [0.1, 0.15) is 11.9 Å². The van der Waals surface area contributed by atoms with Gasteiger partial charge in [-0.1, -0.05) is 27.7 Å². The van der Waals surface area contributed by atoms with Crippen LogP contribution in [0.5, 0.6) is 0 Å². The Morgan fingerprint density at radius 2 is 1.94 bits per heavy atom. The van der Waals surface area contributed by atoms with Crippen molar-refractivity contribution in [1.29, 1.82) is 5.26 Å². The molecule has 0 bridgehead atoms. The fourth-order valence-corrected chi connectivity index (χ4v) is 2.30. The zero-order valence-electron chi connectivity index (χ0n) is 10.2. The molecule has 1 saturated carbocycles. The van der Waals surface area contributed by atoms with Gasteiger partial charge in [-0.2, -0.15) is 5.26 Å². The topological polar surface area (TPSA) is 48.7 Å². The number of hydrogen-bond donors (Lipinski definition) is 1. The quantitative estimate of drug-likeness (QED) is 0.825. The predicted molar refractivity (Wildman–Crippen MR) is 63.9 cm³/mol. The SMILES string of the molecule is CC1(C)C(Nc2ncccc2C#N)C1(C)C. The second-order valence-electron chi connectivity index (χ2n) is 5.53. The highest BCUT2D eigenvalue weighted by Crippen LogP contribution is 2.63. The van der Waals surface area contributed by atoms with Gasteiger partial charge in [-0.05, 0) is 23.0 Å². The van der Waals surface area contributed by atoms with Crippen molar-refractivity contribution in [3.63, 3.8) is 0 Å². The Bertz CT molecular complexity index is 440. The summed E-state index contributed by atoms with van der Waals surface area (Å²) < 4.78 is 0. The minimum absolute atomic E-state index is 0.247. The van der Waals surface area contributed by atoms with Crippen LogP contribution in [0, 0.1) is 22.2 Å². The van der Waals surface area contributed by atoms with Gasteiger partial charge in [-0.3, -0.25) is 0 Å². The molecule has 0 atom stereocenters. The molecule has 16 heavy (non-hydrogen) atoms. The average molecular weight is 215 g/mol. The highest BCUT2D eigenvalue weighted by molar-refractivity contribution is 5.54. The highest BCUT2D eigenvalue weighted by Gasteiger charge is 2.65. The van der Waals surface area contributed by atoms with Crippen molar-refractivity contribution in [2.75, 3.05) is 5.32 Å². The maximum Gasteiger partial charge on any atom is 0.144 e. The molecule has 1 aromatic rings. The molecule has 0 aliphatic heterocycles. The zero-order chi connectivity index (χ0) is 12.0. The van der Waals surface area contributed by atoms with Crippen molar-refractivity contribution in [3.05, 3.63) is 23.9 Å². The first kappa shape index (κ1) is 10.9. The fraction of sp³-hybridized carbons (Fsp3) is 0.538. The molecule has 0 unspecified atom stereocenters. The normalized spacial score (nSPS) is 21.2. The summed E-state index contributed by atoms with van der Waals surface area (Å²) in [5.74, 6) is 0.702. The Hall–Kier alpha value is -1.56. The molecule has 1 aliphatic carbocycles. The molecule has 1 N–H and O–H groups in total. The summed E-state index contributed by atoms with van der Waals surface area (Å²) in [5.41, 5.74) is 1.11. The molecule has 84 valence electrons. The van der Waals surface area contributed by atoms with Crippen LogP contribution >= 0.6 is 0 Å². The van der Waals surface area contributed by atoms with Gasteiger partial charge in [0.05, 0.1) is 5.56 Å². The maximum atomic E-state index is 8.98. The molecule has 3 nitrogen and oxygen atoms in total. The van der Waals surface area contributed by atoms with Crippen LogP contribution in [0.1, 0.15) is 33.3 Å². The van der Waals surface area contributed by atoms with Crippen LogP contribution in [-0.4, -0.2) is 11.0 Å². The number of aromatic nitrogens is 1. The number of hydrogen-bond acceptors (Lipinski definition) is 3. The summed E-state index contributed by atoms with van der Waals surface area (Å²) in [6.07, 6.45) is 1.71. The van der Waals surface area contributed by atoms with Crippen molar-refractivity contribution >= 4 is 5.82 Å². The fourth-order valence-electron chi connectivity index (χ4n) is 2.30. The van der Waals surface area contributed by atoms with Crippen molar-refractivity contribution in [1.82, 2.24) is 4.98 Å². The van der Waals surface area contributed by atoms with E-state index >= 15 is 0 Å². The molecule has 1 aliphatic rings. The van der Waals surface area contributed by atoms with E-state index < -0.39 is 0 Å². The van der Waals surface area contributed by atoms with E-state index in [2.05, 4.69) is 44.1 Å². The first-order chi connectivity index (χ1) is 7.41. The molecule has 0 spiro atoms. The predicted octanol–water partition coefficient (Wildman–Crippen LogP) is 2.80. The second-order valence-corrected chi connectivity index (χ2v) is 5.53. The summed E-state index contributed by atoms with van der Waals surface area (Å²) in [5, 5.41) is 12.4. The van der Waals surface area contributed by atoms with Crippen molar-refractivity contribution < 1.29 is 0 Å². The Morgan fingerprint density at radius 1 is 1.31 bits per heavy atom. The molecule has 1 aromatic heterocycles. The van der Waals surface area contributed by atoms with Gasteiger partial charge >= 0.3 is 0 Å². The summed E-state index contributed by atoms with van der Waals surface area (Å²) in [6, 6.07) is 6.11. The number of nitrogens with zero attached hydrogens (tertiary/aromatic N) is 2. The molecule has 0 saturated heterocycles. The smallest absolute Gasteiger partial charge is 0.144 e. The van der Waals surface area contributed by atoms with Gasteiger partial charge in [0.15, 0.2) is 0 Å². The molecule has 1 fully saturated rings. The summed E-state index contributed by atoms with van der Waals surface area (Å²) in [4.78, 5) is 4.23. The lowest BCUT2D eigenvalue weighted by molar-refractivity contribution is 0.457. The zero-order valence-corrected chi connectivity index (χ0v) is 10.2. The molecule has 0 radical (unpaired) electrons. The van der Waals surface area contributed by atoms with E-state index in [1.807, 2.05) is 0 Å². The Labute approximate surface area is 96.5 Å². The minimum Gasteiger partial charge on any atom is -0.365 e. The number of anilines is 1. The van der Waals surface area contributed by atoms with Crippen LogP contribution in [0.25, 0.3) is 0 Å². The summed E-state index contributed by atoms with van der Waals surface area (Å²) in [7, 11) is 0. The van der Waals surface area contributed by atoms with Crippen LogP contribution in [0.3, 0.4) is 0 Å². The molecular weight excluding hydrogens is 198 g/mol. The molecule has 3 heteroatoms. The van der Waals surface area contributed by atoms with Gasteiger partial charge in [0.25, 0.3) is 0 Å². The van der Waals surface area contributed by atoms with Crippen molar-refractivity contribution in [2.24, 2.45) is 10.8 Å². The van der Waals surface area contributed by atoms with Crippen LogP contribution in [0.4, 0.5) is 5.82 Å². The van der Waals surface area contributed by atoms with E-state index in [0.29, 0.717) is 17.4 Å². The van der Waals surface area contributed by atoms with Gasteiger partial charge < -0.3 is 5.32 Å². The molecular formula is C13H17N3. The number of nitriles is 1. The standard InChI is InChI=1S/C13H17N3/c1-12(2)11(13(12,3)4)16-10-9(8-14)6-5-7-15-10/h5-7,11H,1-4H3,(H,15,16). The van der Waals surface area contributed by atoms with Crippen molar-refractivity contribution in [2.45, 2.75) is 33.7 Å². The first-order valence-electron chi connectivity index (χ1n) is 5.53. The lowest BCUT2D eigenvalue weighted by atomic mass is 10.0. The van der Waals surface area contributed by atoms with Crippen LogP contribution in [0.2, 0.25) is 0 Å². The summed E-state index contributed by atoms with van der Waals surface area (Å²) in [6.45, 7) is 8.94. The third-order valence-electron chi connectivity index (χ3n) is 4.23. The number of pyridine rings is 1. The number of rotatable bonds is 2. The molecule has 0 aromatic carbocycles. The van der Waals surface area contributed by atoms with E-state index in [0.717, 1.165) is 0 Å². The van der Waals surface area contributed by atoms with Gasteiger partial charge in [0.2, 0.25) is 0 Å². The third kappa shape index (κ3) is 1.37. The molecule has 1 heterocycles. The van der Waals surface area contributed by atoms with Crippen LogP contribution in [-0.2, 0) is 0 Å². The van der Waals surface area contributed by atoms with Crippen LogP contribution in [0.15, 0.2) is 18.3 Å². The number of nitrogens with one attached hydrogen (secondary N) is 1. The third-order valence-corrected chi connectivity index (χ3v) is 4.23. The highest BCUT2D eigenvalue weighted by atomic mass is 15.1. The van der Waals surface area contributed by atoms with Crippen LogP contribution < -0.4 is 5.32 Å². The molecule has 2 rings (SSSR count). The monoisotopic (exact) mass is 215 g/mol. The summed E-state index contributed by atoms with van der Waals surface area (Å²) >= 11 is 0. The van der Waals surface area contributed by atoms with E-state index in [-0.39, 0.29) is 10.8 Å². The van der Waals surface area contributed by atoms with Gasteiger partial charge in [-0.15, -0.1) is 0 Å². The average Bonchev–Trinajstić information content (AvgIpc) is 2.62. The van der Waals surface area contributed by atoms with E-state index in [1.165, 1.54) is 0 Å². The first-order valence-corrected chi connectivity index (χ1v) is 5.53. The van der Waals surface area contributed by atoms with Crippen molar-refractivity contribution in [3.8, 4) is 6.07 Å². The second kappa shape index (κ2) is 3.21. The molecule has 0 amide bonds. The Morgan fingerprint density at radius 3 is 2.44 bits per heavy atom. The lowest BCUT2D eigenvalue weighted by Crippen LogP contribution is -2.12. The lowest BCUT2D eigenvalue weighted by Gasteiger charge is -2.08. The minimum atomic E-state index is 0.247. The van der Waals surface area contributed by atoms with E-state index in [9.17, 15) is 0 Å². The maximum absolute atomic E-state index is 8.98. The Balaban J connectivity index is 2.22. The Kier molecular flexibility index (Phi) is 2.20. The largest absolute Gasteiger partial charge is 0.365 e.